The van der Waals surface area contributed by atoms with Crippen molar-refractivity contribution in [1.29, 1.82) is 0 Å². The molecule has 1 aromatic rings. The van der Waals surface area contributed by atoms with E-state index in [1.807, 2.05) is 19.0 Å². The van der Waals surface area contributed by atoms with Crippen LogP contribution < -0.4 is 4.74 Å². The summed E-state index contributed by atoms with van der Waals surface area (Å²) >= 11 is 0. The zero-order valence-corrected chi connectivity index (χ0v) is 9.08. The maximum absolute atomic E-state index is 11.8. The van der Waals surface area contributed by atoms with E-state index in [9.17, 15) is 13.2 Å². The van der Waals surface area contributed by atoms with Crippen LogP contribution in [0.4, 0.5) is 13.2 Å². The molecule has 6 heteroatoms. The molecule has 16 heavy (non-hydrogen) atoms. The molecular weight excluding hydrogens is 221 g/mol. The summed E-state index contributed by atoms with van der Waals surface area (Å²) in [4.78, 5) is 5.72. The van der Waals surface area contributed by atoms with Crippen LogP contribution in [-0.2, 0) is 6.54 Å². The zero-order chi connectivity index (χ0) is 12.2. The van der Waals surface area contributed by atoms with Gasteiger partial charge in [-0.15, -0.1) is 0 Å². The molecule has 0 unspecified atom stereocenters. The van der Waals surface area contributed by atoms with Crippen molar-refractivity contribution in [2.45, 2.75) is 12.7 Å². The largest absolute Gasteiger partial charge is 0.468 e. The van der Waals surface area contributed by atoms with Crippen LogP contribution in [0.1, 0.15) is 5.56 Å². The van der Waals surface area contributed by atoms with E-state index in [0.717, 1.165) is 5.56 Å². The molecule has 0 N–H and O–H groups in total. The second kappa shape index (κ2) is 5.16. The van der Waals surface area contributed by atoms with Crippen LogP contribution in [0.5, 0.6) is 5.88 Å². The number of pyridine rings is 1. The number of hydrogen-bond donors (Lipinski definition) is 0. The van der Waals surface area contributed by atoms with E-state index in [-0.39, 0.29) is 5.88 Å². The Morgan fingerprint density at radius 1 is 1.31 bits per heavy atom. The van der Waals surface area contributed by atoms with Crippen LogP contribution in [0.3, 0.4) is 0 Å². The SMILES string of the molecule is CN(C)Cc1ccc(OCC(F)(F)F)nc1. The third-order valence-electron chi connectivity index (χ3n) is 1.68. The highest BCUT2D eigenvalue weighted by molar-refractivity contribution is 5.17. The summed E-state index contributed by atoms with van der Waals surface area (Å²) in [5.74, 6) is -0.0140. The smallest absolute Gasteiger partial charge is 0.422 e. The Morgan fingerprint density at radius 2 is 2.00 bits per heavy atom. The molecule has 0 aliphatic rings. The van der Waals surface area contributed by atoms with E-state index >= 15 is 0 Å². The van der Waals surface area contributed by atoms with Crippen molar-refractivity contribution in [3.05, 3.63) is 23.9 Å². The predicted molar refractivity (Wildman–Crippen MR) is 53.2 cm³/mol. The van der Waals surface area contributed by atoms with Gasteiger partial charge in [-0.25, -0.2) is 4.98 Å². The number of ether oxygens (including phenoxy) is 1. The minimum Gasteiger partial charge on any atom is -0.468 e. The summed E-state index contributed by atoms with van der Waals surface area (Å²) in [5.41, 5.74) is 0.921. The molecule has 0 amide bonds. The molecule has 0 aliphatic heterocycles. The number of rotatable bonds is 4. The number of hydrogen-bond acceptors (Lipinski definition) is 3. The van der Waals surface area contributed by atoms with Gasteiger partial charge in [-0.05, 0) is 19.7 Å². The van der Waals surface area contributed by atoms with Crippen LogP contribution in [0.15, 0.2) is 18.3 Å². The molecule has 0 fully saturated rings. The Bertz CT molecular complexity index is 322. The fourth-order valence-corrected chi connectivity index (χ4v) is 1.11. The molecule has 3 nitrogen and oxygen atoms in total. The highest BCUT2D eigenvalue weighted by atomic mass is 19.4. The highest BCUT2D eigenvalue weighted by Crippen LogP contribution is 2.17. The number of alkyl halides is 3. The number of aromatic nitrogens is 1. The molecule has 0 saturated heterocycles. The van der Waals surface area contributed by atoms with Gasteiger partial charge >= 0.3 is 6.18 Å². The lowest BCUT2D eigenvalue weighted by Crippen LogP contribution is -2.19. The van der Waals surface area contributed by atoms with Gasteiger partial charge in [0.1, 0.15) is 0 Å². The molecule has 1 aromatic heterocycles. The van der Waals surface area contributed by atoms with Crippen molar-refractivity contribution in [3.8, 4) is 5.88 Å². The number of halogens is 3. The monoisotopic (exact) mass is 234 g/mol. The maximum Gasteiger partial charge on any atom is 0.422 e. The lowest BCUT2D eigenvalue weighted by Gasteiger charge is -2.10. The van der Waals surface area contributed by atoms with Gasteiger partial charge in [0.05, 0.1) is 0 Å². The minimum absolute atomic E-state index is 0.0140. The predicted octanol–water partition coefficient (Wildman–Crippen LogP) is 2.08. The molecule has 0 spiro atoms. The molecule has 90 valence electrons. The van der Waals surface area contributed by atoms with E-state index in [4.69, 9.17) is 0 Å². The lowest BCUT2D eigenvalue weighted by atomic mass is 10.3. The quantitative estimate of drug-likeness (QED) is 0.797. The van der Waals surface area contributed by atoms with Crippen LogP contribution in [0.25, 0.3) is 0 Å². The topological polar surface area (TPSA) is 25.4 Å². The Hall–Kier alpha value is -1.30. The first-order valence-electron chi connectivity index (χ1n) is 4.66. The van der Waals surface area contributed by atoms with Gasteiger partial charge in [-0.3, -0.25) is 0 Å². The van der Waals surface area contributed by atoms with Gasteiger partial charge in [0.15, 0.2) is 6.61 Å². The van der Waals surface area contributed by atoms with E-state index in [1.54, 1.807) is 6.07 Å². The summed E-state index contributed by atoms with van der Waals surface area (Å²) in [5, 5.41) is 0. The minimum atomic E-state index is -4.33. The Labute approximate surface area is 91.8 Å². The molecule has 0 atom stereocenters. The molecule has 0 aromatic carbocycles. The first-order valence-corrected chi connectivity index (χ1v) is 4.66. The third-order valence-corrected chi connectivity index (χ3v) is 1.68. The van der Waals surface area contributed by atoms with Crippen LogP contribution in [0, 0.1) is 0 Å². The molecular formula is C10H13F3N2O. The van der Waals surface area contributed by atoms with Gasteiger partial charge < -0.3 is 9.64 Å². The van der Waals surface area contributed by atoms with Crippen LogP contribution >= 0.6 is 0 Å². The van der Waals surface area contributed by atoms with Gasteiger partial charge in [0, 0.05) is 18.8 Å². The van der Waals surface area contributed by atoms with Crippen molar-refractivity contribution in [3.63, 3.8) is 0 Å². The van der Waals surface area contributed by atoms with E-state index in [2.05, 4.69) is 9.72 Å². The van der Waals surface area contributed by atoms with E-state index in [0.29, 0.717) is 6.54 Å². The second-order valence-electron chi connectivity index (χ2n) is 3.65. The molecule has 1 heterocycles. The first-order chi connectivity index (χ1) is 7.37. The fourth-order valence-electron chi connectivity index (χ4n) is 1.11. The molecule has 0 aliphatic carbocycles. The normalized spacial score (nSPS) is 11.9. The van der Waals surface area contributed by atoms with Gasteiger partial charge in [0.25, 0.3) is 0 Å². The Morgan fingerprint density at radius 3 is 2.44 bits per heavy atom. The Kier molecular flexibility index (Phi) is 4.12. The van der Waals surface area contributed by atoms with Crippen molar-refractivity contribution >= 4 is 0 Å². The average molecular weight is 234 g/mol. The lowest BCUT2D eigenvalue weighted by molar-refractivity contribution is -0.154. The first kappa shape index (κ1) is 12.8. The third kappa shape index (κ3) is 4.97. The van der Waals surface area contributed by atoms with Crippen molar-refractivity contribution in [2.75, 3.05) is 20.7 Å². The van der Waals surface area contributed by atoms with Crippen molar-refractivity contribution in [1.82, 2.24) is 9.88 Å². The molecule has 1 rings (SSSR count). The zero-order valence-electron chi connectivity index (χ0n) is 9.08. The van der Waals surface area contributed by atoms with Gasteiger partial charge in [-0.1, -0.05) is 6.07 Å². The van der Waals surface area contributed by atoms with E-state index in [1.165, 1.54) is 12.3 Å². The second-order valence-corrected chi connectivity index (χ2v) is 3.65. The van der Waals surface area contributed by atoms with Crippen LogP contribution in [-0.4, -0.2) is 36.8 Å². The molecule has 0 bridgehead atoms. The molecule has 0 saturated carbocycles. The average Bonchev–Trinajstić information content (AvgIpc) is 2.14. The summed E-state index contributed by atoms with van der Waals surface area (Å²) < 4.78 is 40.0. The Balaban J connectivity index is 2.51. The number of nitrogens with zero attached hydrogens (tertiary/aromatic N) is 2. The summed E-state index contributed by atoms with van der Waals surface area (Å²) in [6, 6.07) is 3.13. The summed E-state index contributed by atoms with van der Waals surface area (Å²) in [6.07, 6.45) is -2.82. The summed E-state index contributed by atoms with van der Waals surface area (Å²) in [6.45, 7) is -0.625. The van der Waals surface area contributed by atoms with Gasteiger partial charge in [0.2, 0.25) is 5.88 Å². The molecule has 0 radical (unpaired) electrons. The van der Waals surface area contributed by atoms with Crippen molar-refractivity contribution < 1.29 is 17.9 Å². The van der Waals surface area contributed by atoms with E-state index < -0.39 is 12.8 Å². The standard InChI is InChI=1S/C10H13F3N2O/c1-15(2)6-8-3-4-9(14-5-8)16-7-10(11,12)13/h3-5H,6-7H2,1-2H3. The van der Waals surface area contributed by atoms with Crippen LogP contribution in [0.2, 0.25) is 0 Å². The highest BCUT2D eigenvalue weighted by Gasteiger charge is 2.28. The van der Waals surface area contributed by atoms with Gasteiger partial charge in [-0.2, -0.15) is 13.2 Å². The fraction of sp³-hybridized carbons (Fsp3) is 0.500. The maximum atomic E-state index is 11.8. The summed E-state index contributed by atoms with van der Waals surface area (Å²) in [7, 11) is 3.79. The van der Waals surface area contributed by atoms with Crippen molar-refractivity contribution in [2.24, 2.45) is 0 Å².